The van der Waals surface area contributed by atoms with Crippen LogP contribution in [0.4, 0.5) is 4.39 Å². The molecular weight excluding hydrogens is 283 g/mol. The molecule has 1 atom stereocenters. The Morgan fingerprint density at radius 3 is 2.82 bits per heavy atom. The van der Waals surface area contributed by atoms with Gasteiger partial charge in [-0.2, -0.15) is 5.10 Å². The van der Waals surface area contributed by atoms with Crippen molar-refractivity contribution in [3.8, 4) is 0 Å². The summed E-state index contributed by atoms with van der Waals surface area (Å²) in [5, 5.41) is 4.17. The molecule has 5 nitrogen and oxygen atoms in total. The van der Waals surface area contributed by atoms with Crippen molar-refractivity contribution in [2.75, 3.05) is 13.1 Å². The Morgan fingerprint density at radius 1 is 1.36 bits per heavy atom. The van der Waals surface area contributed by atoms with E-state index in [0.29, 0.717) is 25.1 Å². The van der Waals surface area contributed by atoms with E-state index in [4.69, 9.17) is 5.73 Å². The minimum absolute atomic E-state index is 0.0206. The van der Waals surface area contributed by atoms with Crippen LogP contribution in [0.2, 0.25) is 0 Å². The number of benzene rings is 1. The number of likely N-dealkylation sites (tertiary alicyclic amines) is 1. The van der Waals surface area contributed by atoms with Crippen LogP contribution < -0.4 is 5.73 Å². The Morgan fingerprint density at radius 2 is 2.14 bits per heavy atom. The monoisotopic (exact) mass is 302 g/mol. The van der Waals surface area contributed by atoms with Gasteiger partial charge in [0, 0.05) is 37.9 Å². The molecule has 2 aromatic rings. The SMILES string of the molecule is NC(CC(=O)N1CC(n2cccn2)C1)Cc1ccccc1F. The minimum atomic E-state index is -0.367. The van der Waals surface area contributed by atoms with Crippen molar-refractivity contribution in [1.82, 2.24) is 14.7 Å². The maximum absolute atomic E-state index is 13.6. The molecule has 1 unspecified atom stereocenters. The summed E-state index contributed by atoms with van der Waals surface area (Å²) in [5.74, 6) is -0.250. The van der Waals surface area contributed by atoms with Gasteiger partial charge in [-0.1, -0.05) is 18.2 Å². The van der Waals surface area contributed by atoms with E-state index in [1.54, 1.807) is 29.3 Å². The van der Waals surface area contributed by atoms with Gasteiger partial charge >= 0.3 is 0 Å². The van der Waals surface area contributed by atoms with Crippen LogP contribution in [-0.4, -0.2) is 39.7 Å². The van der Waals surface area contributed by atoms with E-state index in [-0.39, 0.29) is 30.2 Å². The van der Waals surface area contributed by atoms with E-state index in [1.165, 1.54) is 6.07 Å². The smallest absolute Gasteiger partial charge is 0.224 e. The van der Waals surface area contributed by atoms with Crippen LogP contribution >= 0.6 is 0 Å². The summed E-state index contributed by atoms with van der Waals surface area (Å²) in [6.45, 7) is 1.32. The van der Waals surface area contributed by atoms with Crippen molar-refractivity contribution in [3.63, 3.8) is 0 Å². The number of nitrogens with zero attached hydrogens (tertiary/aromatic N) is 3. The first-order valence-electron chi connectivity index (χ1n) is 7.39. The first kappa shape index (κ1) is 14.7. The van der Waals surface area contributed by atoms with Gasteiger partial charge in [-0.15, -0.1) is 0 Å². The third kappa shape index (κ3) is 3.17. The number of nitrogens with two attached hydrogens (primary N) is 1. The molecule has 0 saturated carbocycles. The molecule has 116 valence electrons. The Kier molecular flexibility index (Phi) is 4.20. The predicted octanol–water partition coefficient (Wildman–Crippen LogP) is 1.37. The zero-order valence-corrected chi connectivity index (χ0v) is 12.2. The van der Waals surface area contributed by atoms with Crippen LogP contribution in [0.1, 0.15) is 18.0 Å². The lowest BCUT2D eigenvalue weighted by atomic mass is 10.0. The highest BCUT2D eigenvalue weighted by molar-refractivity contribution is 5.77. The Labute approximate surface area is 128 Å². The van der Waals surface area contributed by atoms with Crippen LogP contribution in [0.5, 0.6) is 0 Å². The number of amides is 1. The summed E-state index contributed by atoms with van der Waals surface area (Å²) in [7, 11) is 0. The van der Waals surface area contributed by atoms with Gasteiger partial charge in [-0.25, -0.2) is 4.39 Å². The fourth-order valence-corrected chi connectivity index (χ4v) is 2.69. The predicted molar refractivity (Wildman–Crippen MR) is 80.5 cm³/mol. The summed E-state index contributed by atoms with van der Waals surface area (Å²) < 4.78 is 15.4. The van der Waals surface area contributed by atoms with E-state index < -0.39 is 0 Å². The molecule has 0 aliphatic carbocycles. The molecule has 1 saturated heterocycles. The van der Waals surface area contributed by atoms with Gasteiger partial charge in [0.15, 0.2) is 0 Å². The maximum atomic E-state index is 13.6. The van der Waals surface area contributed by atoms with Gasteiger partial charge in [0.05, 0.1) is 6.04 Å². The topological polar surface area (TPSA) is 64.2 Å². The van der Waals surface area contributed by atoms with E-state index in [1.807, 2.05) is 16.9 Å². The van der Waals surface area contributed by atoms with Gasteiger partial charge in [0.25, 0.3) is 0 Å². The molecule has 3 rings (SSSR count). The zero-order valence-electron chi connectivity index (χ0n) is 12.2. The lowest BCUT2D eigenvalue weighted by Gasteiger charge is -2.39. The molecule has 1 amide bonds. The highest BCUT2D eigenvalue weighted by atomic mass is 19.1. The minimum Gasteiger partial charge on any atom is -0.338 e. The fourth-order valence-electron chi connectivity index (χ4n) is 2.69. The Balaban J connectivity index is 1.47. The number of halogens is 1. The van der Waals surface area contributed by atoms with Crippen molar-refractivity contribution in [2.24, 2.45) is 5.73 Å². The highest BCUT2D eigenvalue weighted by Crippen LogP contribution is 2.21. The molecule has 6 heteroatoms. The molecule has 22 heavy (non-hydrogen) atoms. The van der Waals surface area contributed by atoms with E-state index in [2.05, 4.69) is 5.10 Å². The van der Waals surface area contributed by atoms with Crippen LogP contribution in [0.15, 0.2) is 42.7 Å². The number of hydrogen-bond donors (Lipinski definition) is 1. The highest BCUT2D eigenvalue weighted by Gasteiger charge is 2.32. The second-order valence-corrected chi connectivity index (χ2v) is 5.70. The van der Waals surface area contributed by atoms with Crippen molar-refractivity contribution < 1.29 is 9.18 Å². The number of aromatic nitrogens is 2. The molecule has 1 aromatic carbocycles. The quantitative estimate of drug-likeness (QED) is 0.907. The van der Waals surface area contributed by atoms with Gasteiger partial charge in [0.1, 0.15) is 5.82 Å². The molecule has 0 spiro atoms. The number of carbonyl (C=O) groups excluding carboxylic acids is 1. The zero-order chi connectivity index (χ0) is 15.5. The molecule has 1 aliphatic heterocycles. The normalized spacial score (nSPS) is 16.4. The van der Waals surface area contributed by atoms with Crippen molar-refractivity contribution in [3.05, 3.63) is 54.1 Å². The van der Waals surface area contributed by atoms with Crippen LogP contribution in [-0.2, 0) is 11.2 Å². The van der Waals surface area contributed by atoms with E-state index in [9.17, 15) is 9.18 Å². The van der Waals surface area contributed by atoms with Crippen molar-refractivity contribution in [1.29, 1.82) is 0 Å². The first-order valence-corrected chi connectivity index (χ1v) is 7.39. The first-order chi connectivity index (χ1) is 10.6. The molecule has 2 heterocycles. The second-order valence-electron chi connectivity index (χ2n) is 5.70. The summed E-state index contributed by atoms with van der Waals surface area (Å²) in [6.07, 6.45) is 4.24. The molecule has 0 radical (unpaired) electrons. The molecular formula is C16H19FN4O. The summed E-state index contributed by atoms with van der Waals surface area (Å²) >= 11 is 0. The van der Waals surface area contributed by atoms with Gasteiger partial charge in [-0.3, -0.25) is 9.48 Å². The van der Waals surface area contributed by atoms with E-state index in [0.717, 1.165) is 0 Å². The van der Waals surface area contributed by atoms with Gasteiger partial charge < -0.3 is 10.6 Å². The average Bonchev–Trinajstić information content (AvgIpc) is 2.93. The average molecular weight is 302 g/mol. The molecule has 2 N–H and O–H groups in total. The van der Waals surface area contributed by atoms with Crippen LogP contribution in [0.3, 0.4) is 0 Å². The molecule has 1 aliphatic rings. The molecule has 1 fully saturated rings. The lowest BCUT2D eigenvalue weighted by Crippen LogP contribution is -2.52. The lowest BCUT2D eigenvalue weighted by molar-refractivity contribution is -0.137. The summed E-state index contributed by atoms with van der Waals surface area (Å²) in [6, 6.07) is 8.29. The standard InChI is InChI=1S/C16H19FN4O/c17-15-5-2-1-4-12(15)8-13(18)9-16(22)20-10-14(11-20)21-7-3-6-19-21/h1-7,13-14H,8-11,18H2. The molecule has 1 aromatic heterocycles. The Bertz CT molecular complexity index is 637. The summed E-state index contributed by atoms with van der Waals surface area (Å²) in [4.78, 5) is 13.9. The van der Waals surface area contributed by atoms with Crippen LogP contribution in [0.25, 0.3) is 0 Å². The largest absolute Gasteiger partial charge is 0.338 e. The second kappa shape index (κ2) is 6.27. The third-order valence-electron chi connectivity index (χ3n) is 3.99. The van der Waals surface area contributed by atoms with Gasteiger partial charge in [0.2, 0.25) is 5.91 Å². The third-order valence-corrected chi connectivity index (χ3v) is 3.99. The number of hydrogen-bond acceptors (Lipinski definition) is 3. The Hall–Kier alpha value is -2.21. The number of rotatable bonds is 5. The summed E-state index contributed by atoms with van der Waals surface area (Å²) in [5.41, 5.74) is 6.55. The van der Waals surface area contributed by atoms with E-state index >= 15 is 0 Å². The van der Waals surface area contributed by atoms with Crippen LogP contribution in [0, 0.1) is 5.82 Å². The number of carbonyl (C=O) groups is 1. The fraction of sp³-hybridized carbons (Fsp3) is 0.375. The maximum Gasteiger partial charge on any atom is 0.224 e. The van der Waals surface area contributed by atoms with Crippen molar-refractivity contribution in [2.45, 2.75) is 24.9 Å². The van der Waals surface area contributed by atoms with Crippen molar-refractivity contribution >= 4 is 5.91 Å². The molecule has 0 bridgehead atoms. The van der Waals surface area contributed by atoms with Gasteiger partial charge in [-0.05, 0) is 24.1 Å².